The Morgan fingerprint density at radius 3 is 1.26 bits per heavy atom. The SMILES string of the molecule is CCCCCCCCCCO.CCOC(C)=O.CCOC(C)=O. The largest absolute Gasteiger partial charge is 0.466 e. The normalized spacial score (nSPS) is 8.96. The summed E-state index contributed by atoms with van der Waals surface area (Å²) in [6.45, 7) is 9.92. The molecular formula is C18H38O5. The van der Waals surface area contributed by atoms with Crippen molar-refractivity contribution in [1.29, 1.82) is 0 Å². The summed E-state index contributed by atoms with van der Waals surface area (Å²) in [5.74, 6) is -0.421. The van der Waals surface area contributed by atoms with Gasteiger partial charge in [-0.25, -0.2) is 0 Å². The zero-order chi connectivity index (χ0) is 18.3. The van der Waals surface area contributed by atoms with E-state index in [1.54, 1.807) is 13.8 Å². The van der Waals surface area contributed by atoms with Gasteiger partial charge in [0.25, 0.3) is 0 Å². The number of hydrogen-bond donors (Lipinski definition) is 1. The topological polar surface area (TPSA) is 72.8 Å². The van der Waals surface area contributed by atoms with Crippen molar-refractivity contribution in [2.75, 3.05) is 19.8 Å². The van der Waals surface area contributed by atoms with Gasteiger partial charge in [0.2, 0.25) is 0 Å². The molecule has 0 heterocycles. The number of esters is 2. The lowest BCUT2D eigenvalue weighted by atomic mass is 10.1. The van der Waals surface area contributed by atoms with Gasteiger partial charge in [-0.05, 0) is 20.3 Å². The Labute approximate surface area is 142 Å². The number of ether oxygens (including phenoxy) is 2. The van der Waals surface area contributed by atoms with Crippen molar-refractivity contribution in [3.8, 4) is 0 Å². The molecule has 5 heteroatoms. The van der Waals surface area contributed by atoms with Crippen LogP contribution >= 0.6 is 0 Å². The molecule has 0 saturated heterocycles. The van der Waals surface area contributed by atoms with E-state index in [9.17, 15) is 9.59 Å². The van der Waals surface area contributed by atoms with Crippen LogP contribution in [-0.2, 0) is 19.1 Å². The molecule has 0 unspecified atom stereocenters. The highest BCUT2D eigenvalue weighted by Crippen LogP contribution is 2.07. The molecule has 0 fully saturated rings. The number of carbonyl (C=O) groups excluding carboxylic acids is 2. The first-order valence-corrected chi connectivity index (χ1v) is 8.83. The number of unbranched alkanes of at least 4 members (excludes halogenated alkanes) is 7. The van der Waals surface area contributed by atoms with Gasteiger partial charge in [0.1, 0.15) is 0 Å². The fourth-order valence-corrected chi connectivity index (χ4v) is 1.65. The van der Waals surface area contributed by atoms with Crippen molar-refractivity contribution in [1.82, 2.24) is 0 Å². The maximum atomic E-state index is 9.82. The Kier molecular flexibility index (Phi) is 30.1. The summed E-state index contributed by atoms with van der Waals surface area (Å²) in [5.41, 5.74) is 0. The molecule has 23 heavy (non-hydrogen) atoms. The maximum Gasteiger partial charge on any atom is 0.302 e. The van der Waals surface area contributed by atoms with E-state index in [0.29, 0.717) is 19.8 Å². The predicted molar refractivity (Wildman–Crippen MR) is 94.3 cm³/mol. The third-order valence-corrected chi connectivity index (χ3v) is 2.71. The average Bonchev–Trinajstić information content (AvgIpc) is 2.47. The van der Waals surface area contributed by atoms with Gasteiger partial charge in [-0.15, -0.1) is 0 Å². The zero-order valence-electron chi connectivity index (χ0n) is 15.9. The minimum atomic E-state index is -0.211. The van der Waals surface area contributed by atoms with Crippen molar-refractivity contribution < 1.29 is 24.2 Å². The minimum absolute atomic E-state index is 0.211. The lowest BCUT2D eigenvalue weighted by Crippen LogP contribution is -1.95. The molecule has 0 aliphatic carbocycles. The smallest absolute Gasteiger partial charge is 0.302 e. The van der Waals surface area contributed by atoms with Crippen LogP contribution in [0, 0.1) is 0 Å². The highest BCUT2D eigenvalue weighted by atomic mass is 16.5. The molecule has 0 amide bonds. The van der Waals surface area contributed by atoms with Crippen LogP contribution in [0.4, 0.5) is 0 Å². The first-order chi connectivity index (χ1) is 11.0. The van der Waals surface area contributed by atoms with Crippen LogP contribution < -0.4 is 0 Å². The number of rotatable bonds is 10. The lowest BCUT2D eigenvalue weighted by Gasteiger charge is -1.98. The Balaban J connectivity index is -0.000000284. The molecule has 0 rings (SSSR count). The highest BCUT2D eigenvalue weighted by molar-refractivity contribution is 5.66. The van der Waals surface area contributed by atoms with Crippen molar-refractivity contribution in [2.24, 2.45) is 0 Å². The molecule has 5 nitrogen and oxygen atoms in total. The third-order valence-electron chi connectivity index (χ3n) is 2.71. The van der Waals surface area contributed by atoms with E-state index in [2.05, 4.69) is 16.4 Å². The second kappa shape index (κ2) is 25.8. The van der Waals surface area contributed by atoms with Gasteiger partial charge < -0.3 is 14.6 Å². The molecule has 0 aliphatic heterocycles. The summed E-state index contributed by atoms with van der Waals surface area (Å²) >= 11 is 0. The Morgan fingerprint density at radius 1 is 0.696 bits per heavy atom. The molecule has 0 saturated carbocycles. The summed E-state index contributed by atoms with van der Waals surface area (Å²) in [7, 11) is 0. The molecule has 0 spiro atoms. The van der Waals surface area contributed by atoms with Gasteiger partial charge in [0.05, 0.1) is 13.2 Å². The number of hydrogen-bond acceptors (Lipinski definition) is 5. The van der Waals surface area contributed by atoms with Gasteiger partial charge >= 0.3 is 11.9 Å². The second-order valence-corrected chi connectivity index (χ2v) is 5.05. The van der Waals surface area contributed by atoms with E-state index < -0.39 is 0 Å². The second-order valence-electron chi connectivity index (χ2n) is 5.05. The number of aliphatic hydroxyl groups excluding tert-OH is 1. The first kappa shape index (κ1) is 26.8. The quantitative estimate of drug-likeness (QED) is 0.477. The molecule has 140 valence electrons. The molecule has 0 aromatic carbocycles. The van der Waals surface area contributed by atoms with Crippen molar-refractivity contribution >= 4 is 11.9 Å². The molecule has 0 aromatic rings. The summed E-state index contributed by atoms with van der Waals surface area (Å²) in [6.07, 6.45) is 10.4. The van der Waals surface area contributed by atoms with Crippen LogP contribution in [0.15, 0.2) is 0 Å². The Morgan fingerprint density at radius 2 is 1.04 bits per heavy atom. The summed E-state index contributed by atoms with van der Waals surface area (Å²) in [4.78, 5) is 19.6. The van der Waals surface area contributed by atoms with Crippen LogP contribution in [0.2, 0.25) is 0 Å². The summed E-state index contributed by atoms with van der Waals surface area (Å²) < 4.78 is 8.81. The number of aliphatic hydroxyl groups is 1. The molecule has 1 N–H and O–H groups in total. The maximum absolute atomic E-state index is 9.82. The van der Waals surface area contributed by atoms with Crippen LogP contribution in [-0.4, -0.2) is 36.9 Å². The Bertz CT molecular complexity index is 218. The predicted octanol–water partition coefficient (Wildman–Crippen LogP) is 4.26. The van der Waals surface area contributed by atoms with Crippen LogP contribution in [0.3, 0.4) is 0 Å². The lowest BCUT2D eigenvalue weighted by molar-refractivity contribution is -0.141. The summed E-state index contributed by atoms with van der Waals surface area (Å²) in [6, 6.07) is 0. The van der Waals surface area contributed by atoms with Crippen LogP contribution in [0.1, 0.15) is 86.0 Å². The monoisotopic (exact) mass is 334 g/mol. The highest BCUT2D eigenvalue weighted by Gasteiger charge is 1.89. The van der Waals surface area contributed by atoms with Crippen molar-refractivity contribution in [2.45, 2.75) is 86.0 Å². The van der Waals surface area contributed by atoms with Gasteiger partial charge in [0.15, 0.2) is 0 Å². The van der Waals surface area contributed by atoms with E-state index in [0.717, 1.165) is 6.42 Å². The summed E-state index contributed by atoms with van der Waals surface area (Å²) in [5, 5.41) is 8.51. The fourth-order valence-electron chi connectivity index (χ4n) is 1.65. The molecular weight excluding hydrogens is 296 g/mol. The molecule has 0 atom stereocenters. The van der Waals surface area contributed by atoms with Gasteiger partial charge in [-0.1, -0.05) is 51.9 Å². The van der Waals surface area contributed by atoms with E-state index in [1.807, 2.05) is 0 Å². The minimum Gasteiger partial charge on any atom is -0.466 e. The average molecular weight is 334 g/mol. The van der Waals surface area contributed by atoms with Crippen molar-refractivity contribution in [3.05, 3.63) is 0 Å². The van der Waals surface area contributed by atoms with Gasteiger partial charge in [-0.2, -0.15) is 0 Å². The molecule has 0 aromatic heterocycles. The zero-order valence-corrected chi connectivity index (χ0v) is 15.9. The molecule has 0 aliphatic rings. The van der Waals surface area contributed by atoms with E-state index in [1.165, 1.54) is 58.8 Å². The Hall–Kier alpha value is -1.10. The van der Waals surface area contributed by atoms with E-state index in [4.69, 9.17) is 5.11 Å². The van der Waals surface area contributed by atoms with E-state index >= 15 is 0 Å². The molecule has 0 radical (unpaired) electrons. The van der Waals surface area contributed by atoms with Crippen molar-refractivity contribution in [3.63, 3.8) is 0 Å². The van der Waals surface area contributed by atoms with Crippen LogP contribution in [0.25, 0.3) is 0 Å². The first-order valence-electron chi connectivity index (χ1n) is 8.83. The van der Waals surface area contributed by atoms with E-state index in [-0.39, 0.29) is 11.9 Å². The van der Waals surface area contributed by atoms with Gasteiger partial charge in [0, 0.05) is 20.5 Å². The fraction of sp³-hybridized carbons (Fsp3) is 0.889. The number of carbonyl (C=O) groups is 2. The van der Waals surface area contributed by atoms with Crippen LogP contribution in [0.5, 0.6) is 0 Å². The molecule has 0 bridgehead atoms. The standard InChI is InChI=1S/C10H22O.2C4H8O2/c1-2-3-4-5-6-7-8-9-10-11;2*1-3-6-4(2)5/h11H,2-10H2,1H3;2*3H2,1-2H3. The third kappa shape index (κ3) is 44.9. The van der Waals surface area contributed by atoms with Gasteiger partial charge in [-0.3, -0.25) is 9.59 Å².